The molecule has 2 N–H and O–H groups in total. The number of anilines is 1. The second-order valence-electron chi connectivity index (χ2n) is 4.35. The summed E-state index contributed by atoms with van der Waals surface area (Å²) in [5.41, 5.74) is 5.55. The second-order valence-corrected chi connectivity index (χ2v) is 5.40. The van der Waals surface area contributed by atoms with E-state index in [4.69, 9.17) is 5.21 Å². The zero-order valence-electron chi connectivity index (χ0n) is 10.8. The van der Waals surface area contributed by atoms with E-state index in [1.54, 1.807) is 6.92 Å². The Labute approximate surface area is 115 Å². The van der Waals surface area contributed by atoms with Crippen LogP contribution in [0.3, 0.4) is 0 Å². The highest BCUT2D eigenvalue weighted by Gasteiger charge is 2.16. The number of benzene rings is 1. The molecule has 0 aromatic heterocycles. The number of Topliss-reactive ketones (excluding diaryl/α,β-unsaturated/α-hetero) is 1. The van der Waals surface area contributed by atoms with Crippen LogP contribution in [0.15, 0.2) is 28.4 Å². The Bertz CT molecular complexity index is 567. The Morgan fingerprint density at radius 3 is 2.95 bits per heavy atom. The van der Waals surface area contributed by atoms with Crippen molar-refractivity contribution in [1.82, 2.24) is 0 Å². The molecule has 0 saturated carbocycles. The highest BCUT2D eigenvalue weighted by molar-refractivity contribution is 8.14. The molecule has 2 rings (SSSR count). The van der Waals surface area contributed by atoms with Crippen LogP contribution in [-0.4, -0.2) is 27.5 Å². The number of thioether (sulfide) groups is 1. The lowest BCUT2D eigenvalue weighted by Crippen LogP contribution is -2.05. The molecule has 1 aromatic rings. The molecule has 100 valence electrons. The number of carbonyl (C=O) groups excluding carboxylic acids is 1. The molecule has 0 bridgehead atoms. The third-order valence-corrected chi connectivity index (χ3v) is 3.84. The largest absolute Gasteiger partial charge is 0.299 e. The number of hydrogen-bond donors (Lipinski definition) is 2. The van der Waals surface area contributed by atoms with E-state index in [0.717, 1.165) is 21.9 Å². The van der Waals surface area contributed by atoms with Gasteiger partial charge in [-0.25, -0.2) is 0 Å². The summed E-state index contributed by atoms with van der Waals surface area (Å²) in [6, 6.07) is 5.70. The predicted molar refractivity (Wildman–Crippen MR) is 78.3 cm³/mol. The van der Waals surface area contributed by atoms with Gasteiger partial charge in [-0.15, -0.1) is 16.9 Å². The number of hydrogen-bond acceptors (Lipinski definition) is 6. The summed E-state index contributed by atoms with van der Waals surface area (Å²) in [5, 5.41) is 18.1. The molecule has 0 spiro atoms. The number of rotatable bonds is 4. The maximum atomic E-state index is 10.9. The fourth-order valence-electron chi connectivity index (χ4n) is 1.68. The van der Waals surface area contributed by atoms with Crippen LogP contribution in [0.2, 0.25) is 0 Å². The summed E-state index contributed by atoms with van der Waals surface area (Å²) in [5.74, 6) is 0.558. The summed E-state index contributed by atoms with van der Waals surface area (Å²) < 4.78 is 0. The van der Waals surface area contributed by atoms with Crippen molar-refractivity contribution in [2.24, 2.45) is 10.2 Å². The molecule has 0 fully saturated rings. The van der Waals surface area contributed by atoms with E-state index in [1.165, 1.54) is 11.8 Å². The van der Waals surface area contributed by atoms with E-state index in [1.807, 2.05) is 25.1 Å². The smallest absolute Gasteiger partial charge is 0.140 e. The van der Waals surface area contributed by atoms with Crippen molar-refractivity contribution < 1.29 is 10.0 Å². The number of ketones is 1. The molecule has 6 heteroatoms. The predicted octanol–water partition coefficient (Wildman–Crippen LogP) is 2.62. The maximum absolute atomic E-state index is 10.9. The number of nitrogens with one attached hydrogen (secondary N) is 1. The van der Waals surface area contributed by atoms with Crippen molar-refractivity contribution in [2.75, 3.05) is 11.2 Å². The Hall–Kier alpha value is -1.66. The van der Waals surface area contributed by atoms with Gasteiger partial charge in [0.1, 0.15) is 10.8 Å². The first-order chi connectivity index (χ1) is 9.10. The summed E-state index contributed by atoms with van der Waals surface area (Å²) >= 11 is 1.42. The normalized spacial score (nSPS) is 14.1. The Morgan fingerprint density at radius 1 is 1.47 bits per heavy atom. The number of nitrogens with zero attached hydrogens (tertiary/aromatic N) is 2. The van der Waals surface area contributed by atoms with Crippen molar-refractivity contribution in [3.05, 3.63) is 29.3 Å². The molecule has 0 aliphatic carbocycles. The highest BCUT2D eigenvalue weighted by atomic mass is 32.2. The van der Waals surface area contributed by atoms with Crippen LogP contribution in [0.1, 0.15) is 24.5 Å². The van der Waals surface area contributed by atoms with Gasteiger partial charge < -0.3 is 0 Å². The van der Waals surface area contributed by atoms with E-state index < -0.39 is 0 Å². The first-order valence-corrected chi connectivity index (χ1v) is 6.85. The van der Waals surface area contributed by atoms with Gasteiger partial charge in [0.15, 0.2) is 0 Å². The molecule has 1 heterocycles. The van der Waals surface area contributed by atoms with Crippen LogP contribution in [0.25, 0.3) is 0 Å². The van der Waals surface area contributed by atoms with Gasteiger partial charge in [-0.3, -0.25) is 15.5 Å². The Kier molecular flexibility index (Phi) is 4.34. The molecular weight excluding hydrogens is 262 g/mol. The monoisotopic (exact) mass is 277 g/mol. The number of carbonyl (C=O) groups is 1. The molecule has 1 aliphatic heterocycles. The third kappa shape index (κ3) is 3.42. The van der Waals surface area contributed by atoms with Crippen LogP contribution < -0.4 is 5.48 Å². The van der Waals surface area contributed by atoms with Gasteiger partial charge in [0.05, 0.1) is 17.2 Å². The van der Waals surface area contributed by atoms with E-state index >= 15 is 0 Å². The van der Waals surface area contributed by atoms with Crippen LogP contribution in [0.5, 0.6) is 0 Å². The molecule has 0 radical (unpaired) electrons. The molecule has 0 atom stereocenters. The van der Waals surface area contributed by atoms with E-state index in [0.29, 0.717) is 17.9 Å². The van der Waals surface area contributed by atoms with Crippen molar-refractivity contribution in [1.29, 1.82) is 0 Å². The van der Waals surface area contributed by atoms with Crippen molar-refractivity contribution in [3.8, 4) is 0 Å². The average Bonchev–Trinajstić information content (AvgIpc) is 2.86. The molecular formula is C13H15N3O2S. The topological polar surface area (TPSA) is 74.0 Å². The van der Waals surface area contributed by atoms with Crippen LogP contribution in [0.4, 0.5) is 5.69 Å². The van der Waals surface area contributed by atoms with E-state index in [2.05, 4.69) is 15.7 Å². The summed E-state index contributed by atoms with van der Waals surface area (Å²) in [6.45, 7) is 3.47. The summed E-state index contributed by atoms with van der Waals surface area (Å²) in [6.07, 6.45) is 0.631. The summed E-state index contributed by atoms with van der Waals surface area (Å²) in [7, 11) is 0. The van der Waals surface area contributed by atoms with Gasteiger partial charge in [-0.05, 0) is 25.5 Å². The zero-order valence-corrected chi connectivity index (χ0v) is 11.6. The fourth-order valence-corrected chi connectivity index (χ4v) is 2.38. The lowest BCUT2D eigenvalue weighted by molar-refractivity contribution is -0.114. The number of aryl methyl sites for hydroxylation is 1. The lowest BCUT2D eigenvalue weighted by atomic mass is 10.0. The van der Waals surface area contributed by atoms with Crippen molar-refractivity contribution >= 4 is 34.0 Å². The van der Waals surface area contributed by atoms with Crippen molar-refractivity contribution in [2.45, 2.75) is 20.3 Å². The molecule has 1 aliphatic rings. The van der Waals surface area contributed by atoms with Gasteiger partial charge in [-0.2, -0.15) is 5.10 Å². The van der Waals surface area contributed by atoms with Gasteiger partial charge >= 0.3 is 0 Å². The Balaban J connectivity index is 2.04. The minimum absolute atomic E-state index is 0.128. The molecule has 19 heavy (non-hydrogen) atoms. The van der Waals surface area contributed by atoms with Crippen LogP contribution >= 0.6 is 11.8 Å². The van der Waals surface area contributed by atoms with Gasteiger partial charge in [0, 0.05) is 12.0 Å². The SMILES string of the molecule is CC(=O)CSC1=NN=C(c2ccc(C)c(NO)c2)C1. The lowest BCUT2D eigenvalue weighted by Gasteiger charge is -2.07. The zero-order chi connectivity index (χ0) is 13.8. The van der Waals surface area contributed by atoms with E-state index in [-0.39, 0.29) is 5.78 Å². The molecule has 0 amide bonds. The van der Waals surface area contributed by atoms with E-state index in [9.17, 15) is 4.79 Å². The molecule has 1 aromatic carbocycles. The standard InChI is InChI=1S/C13H15N3O2S/c1-8-3-4-10(5-11(8)16-18)12-6-13(15-14-12)19-7-9(2)17/h3-5,16,18H,6-7H2,1-2H3. The van der Waals surface area contributed by atoms with Crippen LogP contribution in [0, 0.1) is 6.92 Å². The molecule has 0 saturated heterocycles. The van der Waals surface area contributed by atoms with Gasteiger partial charge in [0.25, 0.3) is 0 Å². The fraction of sp³-hybridized carbons (Fsp3) is 0.308. The van der Waals surface area contributed by atoms with Gasteiger partial charge in [-0.1, -0.05) is 12.1 Å². The highest BCUT2D eigenvalue weighted by Crippen LogP contribution is 2.22. The van der Waals surface area contributed by atoms with Crippen molar-refractivity contribution in [3.63, 3.8) is 0 Å². The third-order valence-electron chi connectivity index (χ3n) is 2.73. The Morgan fingerprint density at radius 2 is 2.26 bits per heavy atom. The first-order valence-electron chi connectivity index (χ1n) is 5.87. The quantitative estimate of drug-likeness (QED) is 0.830. The average molecular weight is 277 g/mol. The second kappa shape index (κ2) is 5.99. The summed E-state index contributed by atoms with van der Waals surface area (Å²) in [4.78, 5) is 10.9. The minimum atomic E-state index is 0.128. The molecule has 5 nitrogen and oxygen atoms in total. The first kappa shape index (κ1) is 13.8. The van der Waals surface area contributed by atoms with Gasteiger partial charge in [0.2, 0.25) is 0 Å². The maximum Gasteiger partial charge on any atom is 0.140 e. The molecule has 0 unspecified atom stereocenters. The van der Waals surface area contributed by atoms with Crippen LogP contribution in [-0.2, 0) is 4.79 Å². The minimum Gasteiger partial charge on any atom is -0.299 e.